The number of rotatable bonds is 8. The molecule has 0 radical (unpaired) electrons. The lowest BCUT2D eigenvalue weighted by Gasteiger charge is -2.14. The lowest BCUT2D eigenvalue weighted by Crippen LogP contribution is -2.16. The quantitative estimate of drug-likeness (QED) is 0.451. The maximum Gasteiger partial charge on any atom is 0.336 e. The average molecular weight is 326 g/mol. The van der Waals surface area contributed by atoms with E-state index in [1.807, 2.05) is 0 Å². The van der Waals surface area contributed by atoms with Crippen molar-refractivity contribution < 1.29 is 39.9 Å². The number of hydrogen-bond donors (Lipinski definition) is 3. The summed E-state index contributed by atoms with van der Waals surface area (Å²) in [4.78, 5) is 33.5. The first kappa shape index (κ1) is 20.3. The lowest BCUT2D eigenvalue weighted by molar-refractivity contribution is -0.137. The molecule has 0 amide bonds. The van der Waals surface area contributed by atoms with Crippen LogP contribution in [0.5, 0.6) is 0 Å². The highest BCUT2D eigenvalue weighted by Gasteiger charge is 2.22. The molecule has 1 rings (SSSR count). The molecule has 8 heteroatoms. The van der Waals surface area contributed by atoms with Crippen molar-refractivity contribution in [1.29, 1.82) is 0 Å². The summed E-state index contributed by atoms with van der Waals surface area (Å²) in [5.74, 6) is -3.35. The molecule has 5 N–H and O–H groups in total. The van der Waals surface area contributed by atoms with E-state index in [2.05, 4.69) is 6.58 Å². The minimum absolute atomic E-state index is 0. The van der Waals surface area contributed by atoms with Crippen LogP contribution in [0, 0.1) is 0 Å². The van der Waals surface area contributed by atoms with Gasteiger partial charge in [0.15, 0.2) is 0 Å². The average Bonchev–Trinajstić information content (AvgIpc) is 2.47. The minimum Gasteiger partial charge on any atom is -0.478 e. The fourth-order valence-corrected chi connectivity index (χ4v) is 2.07. The van der Waals surface area contributed by atoms with Crippen LogP contribution < -0.4 is 0 Å². The third kappa shape index (κ3) is 5.20. The molecule has 8 nitrogen and oxygen atoms in total. The molecule has 0 atom stereocenters. The maximum absolute atomic E-state index is 11.4. The molecule has 0 unspecified atom stereocenters. The van der Waals surface area contributed by atoms with Crippen LogP contribution in [0.4, 0.5) is 0 Å². The van der Waals surface area contributed by atoms with Crippen LogP contribution in [0.15, 0.2) is 24.8 Å². The molecule has 0 saturated carbocycles. The summed E-state index contributed by atoms with van der Waals surface area (Å²) < 4.78 is 4.82. The van der Waals surface area contributed by atoms with Crippen LogP contribution in [0.2, 0.25) is 0 Å². The second kappa shape index (κ2) is 9.34. The van der Waals surface area contributed by atoms with Gasteiger partial charge in [0.05, 0.1) is 17.7 Å². The Hall–Kier alpha value is -2.71. The van der Waals surface area contributed by atoms with E-state index in [4.69, 9.17) is 14.9 Å². The molecule has 0 aliphatic rings. The zero-order valence-electron chi connectivity index (χ0n) is 12.2. The van der Waals surface area contributed by atoms with Crippen LogP contribution in [0.3, 0.4) is 0 Å². The van der Waals surface area contributed by atoms with Crippen molar-refractivity contribution >= 4 is 17.9 Å². The highest BCUT2D eigenvalue weighted by molar-refractivity contribution is 6.03. The van der Waals surface area contributed by atoms with E-state index >= 15 is 0 Å². The Morgan fingerprint density at radius 3 is 2.26 bits per heavy atom. The SMILES string of the molecule is C=CC(=O)OCCc1ccc(C(=O)O)c(C(=O)O)c1CCO.O. The summed E-state index contributed by atoms with van der Waals surface area (Å²) in [5, 5.41) is 27.4. The number of carboxylic acid groups (broad SMARTS) is 2. The summed E-state index contributed by atoms with van der Waals surface area (Å²) in [5.41, 5.74) is 0.0368. The van der Waals surface area contributed by atoms with Crippen LogP contribution in [0.1, 0.15) is 31.8 Å². The number of aliphatic hydroxyl groups is 1. The van der Waals surface area contributed by atoms with Gasteiger partial charge in [0.25, 0.3) is 0 Å². The fourth-order valence-electron chi connectivity index (χ4n) is 2.07. The smallest absolute Gasteiger partial charge is 0.336 e. The van der Waals surface area contributed by atoms with Gasteiger partial charge in [0, 0.05) is 19.1 Å². The molecule has 0 saturated heterocycles. The Morgan fingerprint density at radius 1 is 1.13 bits per heavy atom. The van der Waals surface area contributed by atoms with Crippen molar-refractivity contribution in [3.8, 4) is 0 Å². The summed E-state index contributed by atoms with van der Waals surface area (Å²) in [6, 6.07) is 2.65. The molecule has 1 aromatic carbocycles. The Bertz CT molecular complexity index is 606. The van der Waals surface area contributed by atoms with Gasteiger partial charge < -0.3 is 25.5 Å². The van der Waals surface area contributed by atoms with Crippen LogP contribution in [-0.2, 0) is 22.4 Å². The Labute approximate surface area is 131 Å². The van der Waals surface area contributed by atoms with Gasteiger partial charge in [-0.2, -0.15) is 0 Å². The van der Waals surface area contributed by atoms with Gasteiger partial charge in [0.2, 0.25) is 0 Å². The van der Waals surface area contributed by atoms with E-state index in [9.17, 15) is 19.5 Å². The highest BCUT2D eigenvalue weighted by Crippen LogP contribution is 2.21. The third-order valence-corrected chi connectivity index (χ3v) is 3.00. The standard InChI is InChI=1S/C15H16O7.H2O/c1-2-12(17)22-8-6-9-3-4-11(14(18)19)13(15(20)21)10(9)5-7-16;/h2-4,16H,1,5-8H2,(H,18,19)(H,20,21);1H2. The number of hydrogen-bond acceptors (Lipinski definition) is 5. The van der Waals surface area contributed by atoms with Crippen molar-refractivity contribution in [2.75, 3.05) is 13.2 Å². The van der Waals surface area contributed by atoms with Gasteiger partial charge in [-0.25, -0.2) is 14.4 Å². The second-order valence-corrected chi connectivity index (χ2v) is 4.33. The topological polar surface area (TPSA) is 153 Å². The molecule has 0 aliphatic heterocycles. The molecule has 0 fully saturated rings. The van der Waals surface area contributed by atoms with Gasteiger partial charge in [-0.3, -0.25) is 0 Å². The number of carboxylic acids is 2. The molecule has 0 aromatic heterocycles. The molecule has 126 valence electrons. The first-order valence-corrected chi connectivity index (χ1v) is 6.43. The summed E-state index contributed by atoms with van der Waals surface area (Å²) >= 11 is 0. The van der Waals surface area contributed by atoms with E-state index in [-0.39, 0.29) is 48.2 Å². The summed E-state index contributed by atoms with van der Waals surface area (Å²) in [7, 11) is 0. The fraction of sp³-hybridized carbons (Fsp3) is 0.267. The number of carbonyl (C=O) groups excluding carboxylic acids is 1. The van der Waals surface area contributed by atoms with Crippen molar-refractivity contribution in [2.45, 2.75) is 12.8 Å². The normalized spacial score (nSPS) is 9.61. The van der Waals surface area contributed by atoms with Gasteiger partial charge in [-0.05, 0) is 23.6 Å². The van der Waals surface area contributed by atoms with Gasteiger partial charge >= 0.3 is 17.9 Å². The monoisotopic (exact) mass is 326 g/mol. The summed E-state index contributed by atoms with van der Waals surface area (Å²) in [6.07, 6.45) is 1.20. The second-order valence-electron chi connectivity index (χ2n) is 4.33. The molecule has 23 heavy (non-hydrogen) atoms. The number of carbonyl (C=O) groups is 3. The van der Waals surface area contributed by atoms with Crippen molar-refractivity contribution in [3.63, 3.8) is 0 Å². The van der Waals surface area contributed by atoms with E-state index in [0.29, 0.717) is 5.56 Å². The molecular formula is C15H18O8. The first-order valence-electron chi connectivity index (χ1n) is 6.43. The van der Waals surface area contributed by atoms with Crippen molar-refractivity contribution in [2.24, 2.45) is 0 Å². The van der Waals surface area contributed by atoms with E-state index in [0.717, 1.165) is 6.08 Å². The van der Waals surface area contributed by atoms with E-state index < -0.39 is 17.9 Å². The molecule has 0 spiro atoms. The number of benzene rings is 1. The molecule has 0 aliphatic carbocycles. The molecule has 0 heterocycles. The zero-order chi connectivity index (χ0) is 16.7. The number of esters is 1. The van der Waals surface area contributed by atoms with Crippen LogP contribution in [-0.4, -0.2) is 51.9 Å². The van der Waals surface area contributed by atoms with Gasteiger partial charge in [-0.15, -0.1) is 0 Å². The third-order valence-electron chi connectivity index (χ3n) is 3.00. The van der Waals surface area contributed by atoms with E-state index in [1.54, 1.807) is 0 Å². The Kier molecular flexibility index (Phi) is 8.24. The Balaban J connectivity index is 0.00000484. The predicted octanol–water partition coefficient (Wildman–Crippen LogP) is 0.0648. The molecular weight excluding hydrogens is 308 g/mol. The molecule has 0 bridgehead atoms. The van der Waals surface area contributed by atoms with E-state index in [1.165, 1.54) is 12.1 Å². The van der Waals surface area contributed by atoms with Gasteiger partial charge in [-0.1, -0.05) is 12.6 Å². The van der Waals surface area contributed by atoms with Crippen LogP contribution >= 0.6 is 0 Å². The number of aliphatic hydroxyl groups excluding tert-OH is 1. The van der Waals surface area contributed by atoms with Crippen molar-refractivity contribution in [3.05, 3.63) is 47.0 Å². The predicted molar refractivity (Wildman–Crippen MR) is 79.6 cm³/mol. The minimum atomic E-state index is -1.38. The maximum atomic E-state index is 11.4. The zero-order valence-corrected chi connectivity index (χ0v) is 12.2. The van der Waals surface area contributed by atoms with Gasteiger partial charge in [0.1, 0.15) is 0 Å². The molecule has 1 aromatic rings. The van der Waals surface area contributed by atoms with Crippen LogP contribution in [0.25, 0.3) is 0 Å². The number of aromatic carboxylic acids is 2. The van der Waals surface area contributed by atoms with Crippen molar-refractivity contribution in [1.82, 2.24) is 0 Å². The number of ether oxygens (including phenoxy) is 1. The Morgan fingerprint density at radius 2 is 1.78 bits per heavy atom. The lowest BCUT2D eigenvalue weighted by atomic mass is 9.92. The first-order chi connectivity index (χ1) is 10.4. The largest absolute Gasteiger partial charge is 0.478 e. The summed E-state index contributed by atoms with van der Waals surface area (Å²) in [6.45, 7) is 2.92. The highest BCUT2D eigenvalue weighted by atomic mass is 16.5.